The van der Waals surface area contributed by atoms with Crippen molar-refractivity contribution in [1.29, 1.82) is 0 Å². The van der Waals surface area contributed by atoms with Crippen LogP contribution in [0.1, 0.15) is 25.5 Å². The van der Waals surface area contributed by atoms with Crippen LogP contribution in [-0.4, -0.2) is 43.2 Å². The third-order valence-electron chi connectivity index (χ3n) is 4.38. The van der Waals surface area contributed by atoms with Crippen LogP contribution in [0.2, 0.25) is 0 Å². The third-order valence-corrected chi connectivity index (χ3v) is 5.97. The van der Waals surface area contributed by atoms with Gasteiger partial charge in [0.15, 0.2) is 0 Å². The van der Waals surface area contributed by atoms with E-state index in [2.05, 4.69) is 0 Å². The summed E-state index contributed by atoms with van der Waals surface area (Å²) in [4.78, 5) is 25.4. The van der Waals surface area contributed by atoms with Crippen LogP contribution in [0.5, 0.6) is 5.75 Å². The van der Waals surface area contributed by atoms with Gasteiger partial charge in [0.25, 0.3) is 0 Å². The van der Waals surface area contributed by atoms with Crippen molar-refractivity contribution in [2.75, 3.05) is 0 Å². The van der Waals surface area contributed by atoms with Gasteiger partial charge < -0.3 is 20.8 Å². The Balaban J connectivity index is 1.85. The number of nitrogens with zero attached hydrogens (tertiary/aromatic N) is 1. The molecule has 0 aromatic heterocycles. The number of aliphatic carboxylic acids is 1. The van der Waals surface area contributed by atoms with E-state index in [0.29, 0.717) is 0 Å². The van der Waals surface area contributed by atoms with Crippen LogP contribution in [0.4, 0.5) is 0 Å². The van der Waals surface area contributed by atoms with E-state index in [9.17, 15) is 19.8 Å². The lowest BCUT2D eigenvalue weighted by molar-refractivity contribution is -0.164. The predicted molar refractivity (Wildman–Crippen MR) is 82.3 cm³/mol. The van der Waals surface area contributed by atoms with Crippen LogP contribution >= 0.6 is 11.8 Å². The van der Waals surface area contributed by atoms with Crippen LogP contribution in [-0.2, 0) is 9.59 Å². The van der Waals surface area contributed by atoms with Crippen LogP contribution in [0.15, 0.2) is 24.3 Å². The number of phenols is 1. The number of β-lactam (4-membered cyclic amide) rings is 1. The molecule has 7 heteroatoms. The van der Waals surface area contributed by atoms with Gasteiger partial charge in [0.05, 0.1) is 11.3 Å². The topological polar surface area (TPSA) is 104 Å². The molecule has 0 radical (unpaired) electrons. The summed E-state index contributed by atoms with van der Waals surface area (Å²) in [5, 5.41) is 18.5. The van der Waals surface area contributed by atoms with Gasteiger partial charge >= 0.3 is 5.97 Å². The first-order chi connectivity index (χ1) is 10.2. The van der Waals surface area contributed by atoms with Crippen LogP contribution in [0.3, 0.4) is 0 Å². The monoisotopic (exact) mass is 322 g/mol. The molecule has 0 spiro atoms. The van der Waals surface area contributed by atoms with E-state index >= 15 is 0 Å². The molecule has 118 valence electrons. The molecular formula is C15H18N2O4S. The molecule has 1 aromatic carbocycles. The van der Waals surface area contributed by atoms with E-state index in [4.69, 9.17) is 5.73 Å². The number of aromatic hydroxyl groups is 1. The molecule has 6 nitrogen and oxygen atoms in total. The Bertz CT molecular complexity index is 631. The molecule has 2 aliphatic heterocycles. The number of nitrogens with two attached hydrogens (primary N) is 1. The minimum atomic E-state index is -0.981. The number of carboxylic acids is 1. The molecule has 0 saturated carbocycles. The van der Waals surface area contributed by atoms with Gasteiger partial charge in [-0.2, -0.15) is 0 Å². The van der Waals surface area contributed by atoms with E-state index in [1.807, 2.05) is 13.8 Å². The number of thioether (sulfide) groups is 1. The molecular weight excluding hydrogens is 304 g/mol. The fourth-order valence-electron chi connectivity index (χ4n) is 3.28. The number of hydrogen-bond donors (Lipinski definition) is 3. The Morgan fingerprint density at radius 2 is 1.95 bits per heavy atom. The summed E-state index contributed by atoms with van der Waals surface area (Å²) < 4.78 is -0.546. The Labute approximate surface area is 132 Å². The number of phenolic OH excluding ortho intramolecular Hbond substituents is 1. The maximum atomic E-state index is 12.4. The molecule has 1 aromatic rings. The Kier molecular flexibility index (Phi) is 3.37. The zero-order chi connectivity index (χ0) is 16.2. The quantitative estimate of drug-likeness (QED) is 0.721. The van der Waals surface area contributed by atoms with Gasteiger partial charge in [-0.3, -0.25) is 4.79 Å². The number of benzene rings is 1. The number of carbonyl (C=O) groups is 2. The highest BCUT2D eigenvalue weighted by Gasteiger charge is 2.64. The summed E-state index contributed by atoms with van der Waals surface area (Å²) in [5.74, 6) is -1.49. The highest BCUT2D eigenvalue weighted by atomic mass is 32.2. The second kappa shape index (κ2) is 4.89. The van der Waals surface area contributed by atoms with Gasteiger partial charge in [0, 0.05) is 10.8 Å². The average molecular weight is 322 g/mol. The molecule has 4 N–H and O–H groups in total. The number of fused-ring (bicyclic) bond motifs is 1. The van der Waals surface area contributed by atoms with Gasteiger partial charge in [-0.1, -0.05) is 12.1 Å². The normalized spacial score (nSPS) is 30.6. The standard InChI is InChI=1S/C15H18N2O4S/c1-15(2)11(14(20)21)17-12(19)9(13(17)22-15)10(16)7-3-5-8(18)6-4-7/h3-6,9-11,13,18H,16H2,1-2H3,(H,20,21)/t9-,10?,11+,13-/m1/s1. The summed E-state index contributed by atoms with van der Waals surface area (Å²) in [6.45, 7) is 3.68. The lowest BCUT2D eigenvalue weighted by atomic mass is 9.84. The predicted octanol–water partition coefficient (Wildman–Crippen LogP) is 1.16. The van der Waals surface area contributed by atoms with Gasteiger partial charge in [0.2, 0.25) is 5.91 Å². The van der Waals surface area contributed by atoms with Gasteiger partial charge in [-0.25, -0.2) is 4.79 Å². The van der Waals surface area contributed by atoms with Gasteiger partial charge in [-0.15, -0.1) is 11.8 Å². The van der Waals surface area contributed by atoms with Gasteiger partial charge in [-0.05, 0) is 31.5 Å². The lowest BCUT2D eigenvalue weighted by Crippen LogP contribution is -2.64. The fourth-order valence-corrected chi connectivity index (χ4v) is 5.01. The second-order valence-electron chi connectivity index (χ2n) is 6.24. The second-order valence-corrected chi connectivity index (χ2v) is 8.01. The minimum Gasteiger partial charge on any atom is -0.508 e. The van der Waals surface area contributed by atoms with Crippen molar-refractivity contribution < 1.29 is 19.8 Å². The summed E-state index contributed by atoms with van der Waals surface area (Å²) in [6, 6.07) is 5.11. The number of rotatable bonds is 3. The third kappa shape index (κ3) is 2.07. The largest absolute Gasteiger partial charge is 0.508 e. The molecule has 0 bridgehead atoms. The molecule has 22 heavy (non-hydrogen) atoms. The average Bonchev–Trinajstić information content (AvgIpc) is 2.67. The van der Waals surface area contributed by atoms with Crippen molar-refractivity contribution in [2.45, 2.75) is 36.1 Å². The molecule has 3 rings (SSSR count). The van der Waals surface area contributed by atoms with E-state index in [0.717, 1.165) is 5.56 Å². The number of hydrogen-bond acceptors (Lipinski definition) is 5. The van der Waals surface area contributed by atoms with Crippen molar-refractivity contribution >= 4 is 23.6 Å². The smallest absolute Gasteiger partial charge is 0.327 e. The molecule has 1 amide bonds. The van der Waals surface area contributed by atoms with E-state index in [-0.39, 0.29) is 17.0 Å². The molecule has 2 aliphatic rings. The number of amides is 1. The maximum absolute atomic E-state index is 12.4. The van der Waals surface area contributed by atoms with Crippen LogP contribution in [0, 0.1) is 5.92 Å². The molecule has 4 atom stereocenters. The van der Waals surface area contributed by atoms with Crippen LogP contribution < -0.4 is 5.73 Å². The SMILES string of the molecule is CC1(C)S[C@@H]2[C@H](C(N)c3ccc(O)cc3)C(=O)N2[C@H]1C(=O)O. The zero-order valence-corrected chi connectivity index (χ0v) is 13.1. The van der Waals surface area contributed by atoms with Crippen molar-refractivity contribution in [3.8, 4) is 5.75 Å². The first kappa shape index (κ1) is 15.2. The molecule has 2 heterocycles. The van der Waals surface area contributed by atoms with Crippen molar-refractivity contribution in [2.24, 2.45) is 11.7 Å². The van der Waals surface area contributed by atoms with Crippen molar-refractivity contribution in [3.63, 3.8) is 0 Å². The minimum absolute atomic E-state index is 0.139. The van der Waals surface area contributed by atoms with E-state index in [1.54, 1.807) is 12.1 Å². The Morgan fingerprint density at radius 3 is 2.50 bits per heavy atom. The summed E-state index contributed by atoms with van der Waals surface area (Å²) in [5.41, 5.74) is 6.97. The van der Waals surface area contributed by atoms with Crippen molar-refractivity contribution in [1.82, 2.24) is 4.90 Å². The molecule has 2 saturated heterocycles. The highest BCUT2D eigenvalue weighted by molar-refractivity contribution is 8.01. The highest BCUT2D eigenvalue weighted by Crippen LogP contribution is 2.55. The summed E-state index contributed by atoms with van der Waals surface area (Å²) in [7, 11) is 0. The molecule has 1 unspecified atom stereocenters. The van der Waals surface area contributed by atoms with E-state index < -0.39 is 28.7 Å². The molecule has 2 fully saturated rings. The summed E-state index contributed by atoms with van der Waals surface area (Å²) in [6.07, 6.45) is 0. The van der Waals surface area contributed by atoms with E-state index in [1.165, 1.54) is 28.8 Å². The molecule has 0 aliphatic carbocycles. The fraction of sp³-hybridized carbons (Fsp3) is 0.467. The zero-order valence-electron chi connectivity index (χ0n) is 12.3. The Morgan fingerprint density at radius 1 is 1.36 bits per heavy atom. The van der Waals surface area contributed by atoms with Crippen molar-refractivity contribution in [3.05, 3.63) is 29.8 Å². The number of carboxylic acid groups (broad SMARTS) is 1. The van der Waals surface area contributed by atoms with Crippen LogP contribution in [0.25, 0.3) is 0 Å². The first-order valence-electron chi connectivity index (χ1n) is 7.01. The lowest BCUT2D eigenvalue weighted by Gasteiger charge is -2.46. The number of carbonyl (C=O) groups excluding carboxylic acids is 1. The summed E-state index contributed by atoms with van der Waals surface area (Å²) >= 11 is 1.49. The maximum Gasteiger partial charge on any atom is 0.327 e. The Hall–Kier alpha value is -1.73. The first-order valence-corrected chi connectivity index (χ1v) is 7.89. The van der Waals surface area contributed by atoms with Gasteiger partial charge in [0.1, 0.15) is 11.8 Å².